The van der Waals surface area contributed by atoms with Crippen LogP contribution < -0.4 is 16.8 Å². The zero-order chi connectivity index (χ0) is 10.1. The zero-order valence-corrected chi connectivity index (χ0v) is 8.72. The predicted molar refractivity (Wildman–Crippen MR) is 57.7 cm³/mol. The molecular formula is C8H19N3OS. The van der Waals surface area contributed by atoms with Gasteiger partial charge in [-0.15, -0.1) is 0 Å². The first-order chi connectivity index (χ1) is 6.22. The van der Waals surface area contributed by atoms with Gasteiger partial charge in [0.2, 0.25) is 5.91 Å². The first-order valence-corrected chi connectivity index (χ1v) is 5.19. The average molecular weight is 205 g/mol. The molecule has 0 fully saturated rings. The second-order valence-corrected chi connectivity index (χ2v) is 3.35. The number of amides is 1. The van der Waals surface area contributed by atoms with Crippen LogP contribution in [-0.2, 0) is 4.79 Å². The summed E-state index contributed by atoms with van der Waals surface area (Å²) in [6.45, 7) is 1.23. The molecule has 0 aliphatic rings. The second-order valence-electron chi connectivity index (χ2n) is 2.91. The van der Waals surface area contributed by atoms with Gasteiger partial charge in [0, 0.05) is 12.3 Å². The van der Waals surface area contributed by atoms with E-state index in [2.05, 4.69) is 17.9 Å². The van der Waals surface area contributed by atoms with Gasteiger partial charge in [0.15, 0.2) is 0 Å². The quantitative estimate of drug-likeness (QED) is 0.334. The highest BCUT2D eigenvalue weighted by molar-refractivity contribution is 7.80. The molecule has 5 heteroatoms. The minimum Gasteiger partial charge on any atom is -0.354 e. The van der Waals surface area contributed by atoms with Crippen molar-refractivity contribution in [1.82, 2.24) is 5.32 Å². The van der Waals surface area contributed by atoms with Crippen LogP contribution in [0.1, 0.15) is 19.3 Å². The fourth-order valence-electron chi connectivity index (χ4n) is 0.950. The Kier molecular flexibility index (Phi) is 8.18. The molecule has 0 heterocycles. The van der Waals surface area contributed by atoms with Crippen molar-refractivity contribution in [2.75, 3.05) is 18.8 Å². The lowest BCUT2D eigenvalue weighted by atomic mass is 10.1. The minimum absolute atomic E-state index is 0.0916. The Balaban J connectivity index is 3.45. The van der Waals surface area contributed by atoms with Crippen molar-refractivity contribution < 1.29 is 4.79 Å². The molecule has 0 aliphatic heterocycles. The normalized spacial score (nSPS) is 12.5. The Bertz CT molecular complexity index is 143. The van der Waals surface area contributed by atoms with Gasteiger partial charge in [-0.1, -0.05) is 6.42 Å². The third kappa shape index (κ3) is 6.86. The topological polar surface area (TPSA) is 81.1 Å². The lowest BCUT2D eigenvalue weighted by Crippen LogP contribution is -2.41. The van der Waals surface area contributed by atoms with Crippen LogP contribution in [-0.4, -0.2) is 30.8 Å². The summed E-state index contributed by atoms with van der Waals surface area (Å²) in [7, 11) is 0. The van der Waals surface area contributed by atoms with Crippen molar-refractivity contribution in [3.8, 4) is 0 Å². The number of carbonyl (C=O) groups is 1. The van der Waals surface area contributed by atoms with Crippen LogP contribution in [0.3, 0.4) is 0 Å². The van der Waals surface area contributed by atoms with Gasteiger partial charge in [-0.25, -0.2) is 0 Å². The van der Waals surface area contributed by atoms with Gasteiger partial charge in [-0.05, 0) is 19.4 Å². The number of hydrogen-bond acceptors (Lipinski definition) is 4. The van der Waals surface area contributed by atoms with E-state index >= 15 is 0 Å². The maximum absolute atomic E-state index is 11.2. The number of hydrogen-bond donors (Lipinski definition) is 4. The van der Waals surface area contributed by atoms with Gasteiger partial charge in [0.25, 0.3) is 0 Å². The van der Waals surface area contributed by atoms with Gasteiger partial charge in [0.1, 0.15) is 0 Å². The number of unbranched alkanes of at least 4 members (excludes halogenated alkanes) is 1. The molecule has 0 radical (unpaired) electrons. The summed E-state index contributed by atoms with van der Waals surface area (Å²) in [5.41, 5.74) is 10.9. The summed E-state index contributed by atoms with van der Waals surface area (Å²) in [5, 5.41) is 2.69. The van der Waals surface area contributed by atoms with Crippen LogP contribution >= 0.6 is 12.6 Å². The molecule has 0 aliphatic carbocycles. The van der Waals surface area contributed by atoms with E-state index in [-0.39, 0.29) is 5.91 Å². The van der Waals surface area contributed by atoms with E-state index < -0.39 is 6.04 Å². The van der Waals surface area contributed by atoms with Crippen LogP contribution in [0.5, 0.6) is 0 Å². The van der Waals surface area contributed by atoms with Crippen LogP contribution in [0.15, 0.2) is 0 Å². The number of nitrogens with two attached hydrogens (primary N) is 2. The van der Waals surface area contributed by atoms with Crippen molar-refractivity contribution in [3.63, 3.8) is 0 Å². The van der Waals surface area contributed by atoms with E-state index in [1.54, 1.807) is 0 Å². The van der Waals surface area contributed by atoms with Crippen molar-refractivity contribution in [3.05, 3.63) is 0 Å². The summed E-state index contributed by atoms with van der Waals surface area (Å²) in [5.74, 6) is 0.549. The highest BCUT2D eigenvalue weighted by Gasteiger charge is 2.11. The SMILES string of the molecule is NCCCC[C@H](N)C(=O)NCCS. The minimum atomic E-state index is -0.397. The molecule has 0 spiro atoms. The molecule has 0 saturated heterocycles. The molecule has 78 valence electrons. The smallest absolute Gasteiger partial charge is 0.236 e. The molecule has 0 bridgehead atoms. The summed E-state index contributed by atoms with van der Waals surface area (Å²) in [6, 6.07) is -0.397. The summed E-state index contributed by atoms with van der Waals surface area (Å²) in [4.78, 5) is 11.2. The van der Waals surface area contributed by atoms with Gasteiger partial charge in [0.05, 0.1) is 6.04 Å². The van der Waals surface area contributed by atoms with Crippen LogP contribution in [0, 0.1) is 0 Å². The fourth-order valence-corrected chi connectivity index (χ4v) is 1.06. The molecule has 1 amide bonds. The summed E-state index contributed by atoms with van der Waals surface area (Å²) >= 11 is 3.98. The Labute approximate surface area is 84.8 Å². The van der Waals surface area contributed by atoms with Crippen molar-refractivity contribution in [2.45, 2.75) is 25.3 Å². The maximum atomic E-state index is 11.2. The zero-order valence-electron chi connectivity index (χ0n) is 7.83. The maximum Gasteiger partial charge on any atom is 0.236 e. The number of nitrogens with one attached hydrogen (secondary N) is 1. The number of thiol groups is 1. The first kappa shape index (κ1) is 12.7. The third-order valence-corrected chi connectivity index (χ3v) is 1.94. The van der Waals surface area contributed by atoms with E-state index in [0.717, 1.165) is 12.8 Å². The number of carbonyl (C=O) groups excluding carboxylic acids is 1. The standard InChI is InChI=1S/C8H19N3OS/c9-4-2-1-3-7(10)8(12)11-5-6-13/h7,13H,1-6,9-10H2,(H,11,12)/t7-/m0/s1. The van der Waals surface area contributed by atoms with E-state index in [1.807, 2.05) is 0 Å². The molecule has 0 aromatic heterocycles. The highest BCUT2D eigenvalue weighted by atomic mass is 32.1. The Hall–Kier alpha value is -0.260. The summed E-state index contributed by atoms with van der Waals surface area (Å²) in [6.07, 6.45) is 2.54. The first-order valence-electron chi connectivity index (χ1n) is 4.56. The van der Waals surface area contributed by atoms with Crippen molar-refractivity contribution >= 4 is 18.5 Å². The molecule has 5 N–H and O–H groups in total. The molecule has 1 atom stereocenters. The van der Waals surface area contributed by atoms with E-state index in [0.29, 0.717) is 25.3 Å². The molecule has 13 heavy (non-hydrogen) atoms. The van der Waals surface area contributed by atoms with Crippen LogP contribution in [0.4, 0.5) is 0 Å². The third-order valence-electron chi connectivity index (χ3n) is 1.72. The van der Waals surface area contributed by atoms with Gasteiger partial charge >= 0.3 is 0 Å². The number of rotatable bonds is 7. The van der Waals surface area contributed by atoms with Crippen molar-refractivity contribution in [1.29, 1.82) is 0 Å². The van der Waals surface area contributed by atoms with Crippen LogP contribution in [0.25, 0.3) is 0 Å². The average Bonchev–Trinajstić information content (AvgIpc) is 2.14. The van der Waals surface area contributed by atoms with E-state index in [1.165, 1.54) is 0 Å². The summed E-state index contributed by atoms with van der Waals surface area (Å²) < 4.78 is 0. The molecule has 0 unspecified atom stereocenters. The molecular weight excluding hydrogens is 186 g/mol. The molecule has 0 saturated carbocycles. The van der Waals surface area contributed by atoms with E-state index in [9.17, 15) is 4.79 Å². The molecule has 0 rings (SSSR count). The Morgan fingerprint density at radius 1 is 1.46 bits per heavy atom. The highest BCUT2D eigenvalue weighted by Crippen LogP contribution is 1.97. The van der Waals surface area contributed by atoms with Gasteiger partial charge in [-0.2, -0.15) is 12.6 Å². The lowest BCUT2D eigenvalue weighted by molar-refractivity contribution is -0.122. The largest absolute Gasteiger partial charge is 0.354 e. The second kappa shape index (κ2) is 8.34. The van der Waals surface area contributed by atoms with Crippen LogP contribution in [0.2, 0.25) is 0 Å². The van der Waals surface area contributed by atoms with Gasteiger partial charge in [-0.3, -0.25) is 4.79 Å². The fraction of sp³-hybridized carbons (Fsp3) is 0.875. The Morgan fingerprint density at radius 2 is 2.15 bits per heavy atom. The van der Waals surface area contributed by atoms with Crippen molar-refractivity contribution in [2.24, 2.45) is 11.5 Å². The predicted octanol–water partition coefficient (Wildman–Crippen LogP) is -0.511. The Morgan fingerprint density at radius 3 is 2.69 bits per heavy atom. The van der Waals surface area contributed by atoms with Gasteiger partial charge < -0.3 is 16.8 Å². The molecule has 0 aromatic carbocycles. The lowest BCUT2D eigenvalue weighted by Gasteiger charge is -2.10. The van der Waals surface area contributed by atoms with E-state index in [4.69, 9.17) is 11.5 Å². The monoisotopic (exact) mass is 205 g/mol. The molecule has 4 nitrogen and oxygen atoms in total. The molecule has 0 aromatic rings.